The van der Waals surface area contributed by atoms with Crippen molar-refractivity contribution >= 4 is 11.8 Å². The Hall–Kier alpha value is -3.41. The predicted molar refractivity (Wildman–Crippen MR) is 115 cm³/mol. The van der Waals surface area contributed by atoms with Gasteiger partial charge in [0.15, 0.2) is 5.76 Å². The molecule has 0 N–H and O–H groups in total. The van der Waals surface area contributed by atoms with Crippen molar-refractivity contribution in [3.63, 3.8) is 0 Å². The first-order valence-corrected chi connectivity index (χ1v) is 10.4. The van der Waals surface area contributed by atoms with Crippen LogP contribution in [0.15, 0.2) is 77.4 Å². The second kappa shape index (κ2) is 9.16. The van der Waals surface area contributed by atoms with Crippen LogP contribution in [0.25, 0.3) is 0 Å². The van der Waals surface area contributed by atoms with Gasteiger partial charge in [-0.2, -0.15) is 0 Å². The van der Waals surface area contributed by atoms with Gasteiger partial charge in [-0.15, -0.1) is 0 Å². The Morgan fingerprint density at radius 2 is 1.61 bits per heavy atom. The van der Waals surface area contributed by atoms with E-state index in [1.165, 1.54) is 18.4 Å². The topological polar surface area (TPSA) is 53.8 Å². The molecule has 31 heavy (non-hydrogen) atoms. The highest BCUT2D eigenvalue weighted by Crippen LogP contribution is 2.31. The summed E-state index contributed by atoms with van der Waals surface area (Å²) in [6, 6.07) is 19.1. The summed E-state index contributed by atoms with van der Waals surface area (Å²) in [5, 5.41) is 0. The molecule has 5 nitrogen and oxygen atoms in total. The number of halogens is 1. The van der Waals surface area contributed by atoms with E-state index >= 15 is 0 Å². The van der Waals surface area contributed by atoms with Crippen LogP contribution in [0.5, 0.6) is 0 Å². The maximum atomic E-state index is 13.5. The second-order valence-corrected chi connectivity index (χ2v) is 7.86. The summed E-state index contributed by atoms with van der Waals surface area (Å²) in [6.45, 7) is 1.02. The van der Waals surface area contributed by atoms with Gasteiger partial charge < -0.3 is 14.2 Å². The van der Waals surface area contributed by atoms with Gasteiger partial charge in [0.05, 0.1) is 12.3 Å². The molecule has 6 heteroatoms. The fraction of sp³-hybridized carbons (Fsp3) is 0.280. The van der Waals surface area contributed by atoms with Crippen molar-refractivity contribution in [1.29, 1.82) is 0 Å². The number of carbonyl (C=O) groups excluding carboxylic acids is 2. The van der Waals surface area contributed by atoms with E-state index < -0.39 is 0 Å². The molecule has 1 unspecified atom stereocenters. The highest BCUT2D eigenvalue weighted by molar-refractivity contribution is 5.91. The molecule has 2 aromatic carbocycles. The summed E-state index contributed by atoms with van der Waals surface area (Å²) in [4.78, 5) is 29.4. The van der Waals surface area contributed by atoms with Gasteiger partial charge in [0.2, 0.25) is 5.91 Å². The first kappa shape index (κ1) is 20.8. The smallest absolute Gasteiger partial charge is 0.289 e. The molecule has 3 aromatic rings. The monoisotopic (exact) mass is 420 g/mol. The Bertz CT molecular complexity index is 1010. The SMILES string of the molecule is CN(C(=O)C1CCN(C(=O)c2ccco2)CC1)C(c1ccccc1)c1ccc(F)cc1. The van der Waals surface area contributed by atoms with E-state index in [4.69, 9.17) is 4.42 Å². The lowest BCUT2D eigenvalue weighted by Crippen LogP contribution is -2.44. The number of benzene rings is 2. The summed E-state index contributed by atoms with van der Waals surface area (Å²) < 4.78 is 18.7. The summed E-state index contributed by atoms with van der Waals surface area (Å²) >= 11 is 0. The molecular formula is C25H25FN2O3. The number of carbonyl (C=O) groups is 2. The molecule has 0 bridgehead atoms. The highest BCUT2D eigenvalue weighted by atomic mass is 19.1. The average Bonchev–Trinajstić information content (AvgIpc) is 3.35. The van der Waals surface area contributed by atoms with Gasteiger partial charge in [-0.25, -0.2) is 4.39 Å². The molecule has 1 atom stereocenters. The van der Waals surface area contributed by atoms with Crippen molar-refractivity contribution < 1.29 is 18.4 Å². The van der Waals surface area contributed by atoms with Crippen LogP contribution < -0.4 is 0 Å². The molecule has 0 spiro atoms. The molecule has 2 heterocycles. The molecule has 1 saturated heterocycles. The van der Waals surface area contributed by atoms with E-state index in [2.05, 4.69) is 0 Å². The fourth-order valence-electron chi connectivity index (χ4n) is 4.22. The Morgan fingerprint density at radius 3 is 2.23 bits per heavy atom. The van der Waals surface area contributed by atoms with E-state index in [9.17, 15) is 14.0 Å². The lowest BCUT2D eigenvalue weighted by molar-refractivity contribution is -0.137. The van der Waals surface area contributed by atoms with E-state index in [-0.39, 0.29) is 29.6 Å². The maximum absolute atomic E-state index is 13.5. The Balaban J connectivity index is 1.49. The summed E-state index contributed by atoms with van der Waals surface area (Å²) in [5.74, 6) is -0.265. The van der Waals surface area contributed by atoms with Crippen LogP contribution in [-0.2, 0) is 4.79 Å². The molecule has 4 rings (SSSR count). The van der Waals surface area contributed by atoms with Gasteiger partial charge in [-0.1, -0.05) is 42.5 Å². The van der Waals surface area contributed by atoms with Crippen molar-refractivity contribution in [2.24, 2.45) is 5.92 Å². The average molecular weight is 420 g/mol. The van der Waals surface area contributed by atoms with Gasteiger partial charge in [0, 0.05) is 26.1 Å². The van der Waals surface area contributed by atoms with Crippen molar-refractivity contribution in [3.8, 4) is 0 Å². The molecule has 1 fully saturated rings. The predicted octanol–water partition coefficient (Wildman–Crippen LogP) is 4.52. The maximum Gasteiger partial charge on any atom is 0.289 e. The summed E-state index contributed by atoms with van der Waals surface area (Å²) in [5.41, 5.74) is 1.82. The van der Waals surface area contributed by atoms with Gasteiger partial charge in [-0.05, 0) is 48.2 Å². The molecule has 1 aliphatic rings. The van der Waals surface area contributed by atoms with Crippen LogP contribution >= 0.6 is 0 Å². The number of rotatable bonds is 5. The van der Waals surface area contributed by atoms with Crippen LogP contribution in [0, 0.1) is 11.7 Å². The first-order chi connectivity index (χ1) is 15.0. The standard InChI is InChI=1S/C25H25FN2O3/c1-27(23(18-6-3-2-4-7-18)19-9-11-21(26)12-10-19)24(29)20-13-15-28(16-14-20)25(30)22-8-5-17-31-22/h2-12,17,20,23H,13-16H2,1H3. The molecule has 0 aliphatic carbocycles. The first-order valence-electron chi connectivity index (χ1n) is 10.4. The van der Waals surface area contributed by atoms with Crippen molar-refractivity contribution in [3.05, 3.63) is 95.7 Å². The minimum atomic E-state index is -0.308. The molecule has 160 valence electrons. The molecule has 0 saturated carbocycles. The molecule has 0 radical (unpaired) electrons. The molecule has 1 aliphatic heterocycles. The number of hydrogen-bond donors (Lipinski definition) is 0. The molecule has 2 amide bonds. The largest absolute Gasteiger partial charge is 0.459 e. The zero-order chi connectivity index (χ0) is 21.8. The lowest BCUT2D eigenvalue weighted by atomic mass is 9.92. The molecular weight excluding hydrogens is 395 g/mol. The lowest BCUT2D eigenvalue weighted by Gasteiger charge is -2.36. The van der Waals surface area contributed by atoms with Gasteiger partial charge in [0.1, 0.15) is 5.82 Å². The quantitative estimate of drug-likeness (QED) is 0.610. The zero-order valence-corrected chi connectivity index (χ0v) is 17.4. The number of likely N-dealkylation sites (tertiary alicyclic amines) is 1. The minimum absolute atomic E-state index is 0.0308. The van der Waals surface area contributed by atoms with E-state index in [0.29, 0.717) is 31.7 Å². The van der Waals surface area contributed by atoms with Crippen molar-refractivity contribution in [1.82, 2.24) is 9.80 Å². The summed E-state index contributed by atoms with van der Waals surface area (Å²) in [7, 11) is 1.80. The third-order valence-corrected chi connectivity index (χ3v) is 5.90. The number of hydrogen-bond acceptors (Lipinski definition) is 3. The van der Waals surface area contributed by atoms with Crippen LogP contribution in [-0.4, -0.2) is 41.8 Å². The van der Waals surface area contributed by atoms with Crippen LogP contribution in [0.1, 0.15) is 40.6 Å². The van der Waals surface area contributed by atoms with Crippen LogP contribution in [0.3, 0.4) is 0 Å². The third-order valence-electron chi connectivity index (χ3n) is 5.90. The number of furan rings is 1. The zero-order valence-electron chi connectivity index (χ0n) is 17.4. The number of piperidine rings is 1. The second-order valence-electron chi connectivity index (χ2n) is 7.86. The van der Waals surface area contributed by atoms with Crippen molar-refractivity contribution in [2.45, 2.75) is 18.9 Å². The summed E-state index contributed by atoms with van der Waals surface area (Å²) in [6.07, 6.45) is 2.68. The minimum Gasteiger partial charge on any atom is -0.459 e. The van der Waals surface area contributed by atoms with Crippen LogP contribution in [0.2, 0.25) is 0 Å². The fourth-order valence-corrected chi connectivity index (χ4v) is 4.22. The number of amides is 2. The Kier molecular flexibility index (Phi) is 6.16. The van der Waals surface area contributed by atoms with E-state index in [1.54, 1.807) is 41.1 Å². The van der Waals surface area contributed by atoms with Crippen molar-refractivity contribution in [2.75, 3.05) is 20.1 Å². The highest BCUT2D eigenvalue weighted by Gasteiger charge is 2.33. The van der Waals surface area contributed by atoms with Crippen LogP contribution in [0.4, 0.5) is 4.39 Å². The van der Waals surface area contributed by atoms with Gasteiger partial charge in [0.25, 0.3) is 5.91 Å². The Morgan fingerprint density at radius 1 is 0.968 bits per heavy atom. The Labute approximate surface area is 181 Å². The third kappa shape index (κ3) is 4.53. The number of nitrogens with zero attached hydrogens (tertiary/aromatic N) is 2. The molecule has 1 aromatic heterocycles. The van der Waals surface area contributed by atoms with Gasteiger partial charge in [-0.3, -0.25) is 9.59 Å². The normalized spacial score (nSPS) is 15.5. The van der Waals surface area contributed by atoms with E-state index in [0.717, 1.165) is 11.1 Å². The van der Waals surface area contributed by atoms with E-state index in [1.807, 2.05) is 30.3 Å². The van der Waals surface area contributed by atoms with Gasteiger partial charge >= 0.3 is 0 Å².